The molecule has 0 unspecified atom stereocenters. The zero-order valence-electron chi connectivity index (χ0n) is 8.97. The van der Waals surface area contributed by atoms with Crippen LogP contribution < -0.4 is 0 Å². The van der Waals surface area contributed by atoms with E-state index in [2.05, 4.69) is 6.92 Å². The van der Waals surface area contributed by atoms with Gasteiger partial charge in [0.1, 0.15) is 0 Å². The molecule has 0 aliphatic carbocycles. The third-order valence-electron chi connectivity index (χ3n) is 1.72. The minimum Gasteiger partial charge on any atom is -0.466 e. The molecule has 0 saturated heterocycles. The average Bonchev–Trinajstić information content (AvgIpc) is 2.05. The quantitative estimate of drug-likeness (QED) is 0.387. The molecular weight excluding hydrogens is 217 g/mol. The van der Waals surface area contributed by atoms with Crippen LogP contribution in [0.5, 0.6) is 0 Å². The van der Waals surface area contributed by atoms with Crippen molar-refractivity contribution in [3.63, 3.8) is 0 Å². The zero-order chi connectivity index (χ0) is 9.23. The minimum atomic E-state index is -0.0472. The summed E-state index contributed by atoms with van der Waals surface area (Å²) in [6, 6.07) is 0. The number of rotatable bonds is 7. The number of carbonyl (C=O) groups is 1. The van der Waals surface area contributed by atoms with Crippen LogP contribution >= 0.6 is 0 Å². The van der Waals surface area contributed by atoms with Gasteiger partial charge in [-0.2, -0.15) is 0 Å². The van der Waals surface area contributed by atoms with Gasteiger partial charge in [0, 0.05) is 25.9 Å². The summed E-state index contributed by atoms with van der Waals surface area (Å²) in [7, 11) is 0. The Morgan fingerprint density at radius 3 is 2.31 bits per heavy atom. The van der Waals surface area contributed by atoms with Gasteiger partial charge >= 0.3 is 5.97 Å². The number of unbranched alkanes of at least 4 members (excludes halogenated alkanes) is 3. The van der Waals surface area contributed by atoms with E-state index < -0.39 is 0 Å². The molecule has 3 heteroatoms. The third-order valence-corrected chi connectivity index (χ3v) is 1.72. The van der Waals surface area contributed by atoms with Crippen molar-refractivity contribution >= 4 is 5.97 Å². The summed E-state index contributed by atoms with van der Waals surface area (Å²) in [6.45, 7) is 4.76. The summed E-state index contributed by atoms with van der Waals surface area (Å²) in [6.07, 6.45) is 6.11. The predicted octanol–water partition coefficient (Wildman–Crippen LogP) is 2.91. The van der Waals surface area contributed by atoms with Crippen LogP contribution in [-0.4, -0.2) is 12.6 Å². The van der Waals surface area contributed by atoms with E-state index in [1.165, 1.54) is 19.3 Å². The molecule has 2 nitrogen and oxygen atoms in total. The van der Waals surface area contributed by atoms with E-state index in [-0.39, 0.29) is 25.4 Å². The van der Waals surface area contributed by atoms with Crippen LogP contribution in [0.1, 0.15) is 52.4 Å². The minimum absolute atomic E-state index is 0. The smallest absolute Gasteiger partial charge is 0.305 e. The summed E-state index contributed by atoms with van der Waals surface area (Å²) >= 11 is 0. The molecule has 0 spiro atoms. The Kier molecular flexibility index (Phi) is 14.5. The second-order valence-corrected chi connectivity index (χ2v) is 3.03. The topological polar surface area (TPSA) is 26.3 Å². The average molecular weight is 238 g/mol. The monoisotopic (exact) mass is 236 g/mol. The van der Waals surface area contributed by atoms with Gasteiger partial charge in [-0.25, -0.2) is 0 Å². The van der Waals surface area contributed by atoms with E-state index in [4.69, 9.17) is 4.74 Å². The second-order valence-electron chi connectivity index (χ2n) is 3.03. The van der Waals surface area contributed by atoms with Crippen molar-refractivity contribution < 1.29 is 29.0 Å². The van der Waals surface area contributed by atoms with Gasteiger partial charge in [-0.15, -0.1) is 0 Å². The van der Waals surface area contributed by atoms with E-state index in [0.29, 0.717) is 13.0 Å². The first-order chi connectivity index (χ1) is 5.81. The molecule has 0 fully saturated rings. The van der Waals surface area contributed by atoms with Gasteiger partial charge in [-0.1, -0.05) is 33.1 Å². The van der Waals surface area contributed by atoms with Gasteiger partial charge < -0.3 is 4.74 Å². The molecule has 0 N–H and O–H groups in total. The van der Waals surface area contributed by atoms with Crippen molar-refractivity contribution in [2.75, 3.05) is 6.61 Å². The zero-order valence-corrected chi connectivity index (χ0v) is 11.9. The van der Waals surface area contributed by atoms with Gasteiger partial charge in [0.2, 0.25) is 0 Å². The molecule has 74 valence electrons. The van der Waals surface area contributed by atoms with E-state index >= 15 is 0 Å². The Morgan fingerprint density at radius 1 is 1.08 bits per heavy atom. The molecule has 0 aromatic carbocycles. The maximum absolute atomic E-state index is 10.9. The molecule has 0 aromatic rings. The first-order valence-electron chi connectivity index (χ1n) is 4.96. The molecule has 0 aromatic heterocycles. The van der Waals surface area contributed by atoms with E-state index in [1.807, 2.05) is 6.92 Å². The molecule has 0 rings (SSSR count). The maximum Gasteiger partial charge on any atom is 0.305 e. The first-order valence-corrected chi connectivity index (χ1v) is 4.96. The van der Waals surface area contributed by atoms with Crippen LogP contribution in [0, 0.1) is 0 Å². The molecule has 0 aliphatic rings. The Balaban J connectivity index is 0. The van der Waals surface area contributed by atoms with E-state index in [0.717, 1.165) is 12.8 Å². The predicted molar refractivity (Wildman–Crippen MR) is 50.0 cm³/mol. The summed E-state index contributed by atoms with van der Waals surface area (Å²) in [5.74, 6) is -0.0472. The van der Waals surface area contributed by atoms with Gasteiger partial charge in [0.15, 0.2) is 0 Å². The fourth-order valence-electron chi connectivity index (χ4n) is 0.991. The van der Waals surface area contributed by atoms with Crippen LogP contribution in [0.2, 0.25) is 0 Å². The van der Waals surface area contributed by atoms with E-state index in [1.54, 1.807) is 0 Å². The Labute approximate surface area is 94.2 Å². The van der Waals surface area contributed by atoms with Crippen molar-refractivity contribution in [1.29, 1.82) is 0 Å². The fourth-order valence-corrected chi connectivity index (χ4v) is 0.991. The second kappa shape index (κ2) is 12.1. The van der Waals surface area contributed by atoms with Crippen molar-refractivity contribution in [2.24, 2.45) is 0 Å². The Bertz CT molecular complexity index is 115. The summed E-state index contributed by atoms with van der Waals surface area (Å²) < 4.78 is 4.99. The SMILES string of the molecule is CCCCCCOC(=O)CCC.[Zn]. The molecule has 13 heavy (non-hydrogen) atoms. The van der Waals surface area contributed by atoms with Crippen molar-refractivity contribution in [3.8, 4) is 0 Å². The third kappa shape index (κ3) is 12.1. The van der Waals surface area contributed by atoms with Gasteiger partial charge in [0.05, 0.1) is 6.61 Å². The Morgan fingerprint density at radius 2 is 1.77 bits per heavy atom. The molecule has 0 atom stereocenters. The molecule has 0 saturated carbocycles. The molecule has 0 aliphatic heterocycles. The van der Waals surface area contributed by atoms with E-state index in [9.17, 15) is 4.79 Å². The molecule has 0 heterocycles. The van der Waals surface area contributed by atoms with Crippen LogP contribution in [0.4, 0.5) is 0 Å². The normalized spacial score (nSPS) is 9.08. The molecular formula is C10H20O2Zn. The van der Waals surface area contributed by atoms with Crippen molar-refractivity contribution in [3.05, 3.63) is 0 Å². The Hall–Kier alpha value is 0.0934. The van der Waals surface area contributed by atoms with Crippen LogP contribution in [0.3, 0.4) is 0 Å². The van der Waals surface area contributed by atoms with Crippen LogP contribution in [-0.2, 0) is 29.0 Å². The van der Waals surface area contributed by atoms with Crippen molar-refractivity contribution in [1.82, 2.24) is 0 Å². The van der Waals surface area contributed by atoms with Crippen LogP contribution in [0.25, 0.3) is 0 Å². The molecule has 0 radical (unpaired) electrons. The largest absolute Gasteiger partial charge is 0.466 e. The standard InChI is InChI=1S/C10H20O2.Zn/c1-3-5-6-7-9-12-10(11)8-4-2;/h3-9H2,1-2H3;. The summed E-state index contributed by atoms with van der Waals surface area (Å²) in [4.78, 5) is 10.9. The number of carbonyl (C=O) groups excluding carboxylic acids is 1. The van der Waals surface area contributed by atoms with Crippen molar-refractivity contribution in [2.45, 2.75) is 52.4 Å². The fraction of sp³-hybridized carbons (Fsp3) is 0.900. The van der Waals surface area contributed by atoms with Gasteiger partial charge in [0.25, 0.3) is 0 Å². The summed E-state index contributed by atoms with van der Waals surface area (Å²) in [5, 5.41) is 0. The first kappa shape index (κ1) is 15.6. The maximum atomic E-state index is 10.9. The number of hydrogen-bond acceptors (Lipinski definition) is 2. The number of ether oxygens (including phenoxy) is 1. The number of hydrogen-bond donors (Lipinski definition) is 0. The number of esters is 1. The van der Waals surface area contributed by atoms with Gasteiger partial charge in [-0.3, -0.25) is 4.79 Å². The van der Waals surface area contributed by atoms with Crippen LogP contribution in [0.15, 0.2) is 0 Å². The molecule has 0 bridgehead atoms. The summed E-state index contributed by atoms with van der Waals surface area (Å²) in [5.41, 5.74) is 0. The van der Waals surface area contributed by atoms with Gasteiger partial charge in [-0.05, 0) is 12.8 Å². The molecule has 0 amide bonds.